The maximum atomic E-state index is 12.4. The van der Waals surface area contributed by atoms with E-state index in [0.717, 1.165) is 44.9 Å². The summed E-state index contributed by atoms with van der Waals surface area (Å²) in [4.78, 5) is 24.5. The predicted molar refractivity (Wildman–Crippen MR) is 306 cm³/mol. The molecule has 0 aliphatic rings. The van der Waals surface area contributed by atoms with E-state index in [1.807, 2.05) is 6.08 Å². The molecule has 0 spiro atoms. The molecule has 0 fully saturated rings. The molecule has 2 atom stereocenters. The Bertz CT molecular complexity index is 1130. The quantitative estimate of drug-likeness (QED) is 0.0321. The van der Waals surface area contributed by atoms with Gasteiger partial charge in [0, 0.05) is 12.8 Å². The summed E-state index contributed by atoms with van der Waals surface area (Å²) in [5, 5.41) is 23.0. The van der Waals surface area contributed by atoms with Crippen molar-refractivity contribution in [2.45, 2.75) is 347 Å². The van der Waals surface area contributed by atoms with Crippen LogP contribution in [0.15, 0.2) is 36.5 Å². The maximum Gasteiger partial charge on any atom is 0.305 e. The minimum atomic E-state index is -0.842. The number of aliphatic hydroxyl groups is 2. The van der Waals surface area contributed by atoms with Crippen molar-refractivity contribution >= 4 is 11.9 Å². The van der Waals surface area contributed by atoms with Crippen LogP contribution >= 0.6 is 0 Å². The van der Waals surface area contributed by atoms with Crippen LogP contribution in [0.3, 0.4) is 0 Å². The molecule has 70 heavy (non-hydrogen) atoms. The summed E-state index contributed by atoms with van der Waals surface area (Å²) in [6.45, 7) is 4.89. The second kappa shape index (κ2) is 59.6. The molecular formula is C64H121NO5. The topological polar surface area (TPSA) is 95.9 Å². The average Bonchev–Trinajstić information content (AvgIpc) is 3.36. The van der Waals surface area contributed by atoms with E-state index in [0.29, 0.717) is 19.4 Å². The van der Waals surface area contributed by atoms with E-state index < -0.39 is 12.1 Å². The highest BCUT2D eigenvalue weighted by molar-refractivity contribution is 5.76. The molecule has 0 aromatic heterocycles. The molecule has 0 heterocycles. The summed E-state index contributed by atoms with van der Waals surface area (Å²) < 4.78 is 5.48. The molecule has 0 aromatic carbocycles. The van der Waals surface area contributed by atoms with Crippen LogP contribution in [0, 0.1) is 0 Å². The van der Waals surface area contributed by atoms with Crippen molar-refractivity contribution in [3.8, 4) is 0 Å². The Hall–Kier alpha value is -1.92. The number of hydrogen-bond acceptors (Lipinski definition) is 5. The highest BCUT2D eigenvalue weighted by atomic mass is 16.5. The van der Waals surface area contributed by atoms with Gasteiger partial charge in [0.15, 0.2) is 0 Å². The average molecular weight is 985 g/mol. The SMILES string of the molecule is CCCCCCCC/C=C\CCCCCCCC(=O)OCCCCCCCCCCCCCC/C=C\CCCCCCCCCCCCCCC(=O)NC(CO)C(O)/C=C/CCCCCCCCCC. The summed E-state index contributed by atoms with van der Waals surface area (Å²) in [7, 11) is 0. The van der Waals surface area contributed by atoms with Crippen LogP contribution in [-0.4, -0.2) is 47.4 Å². The molecule has 412 valence electrons. The van der Waals surface area contributed by atoms with Gasteiger partial charge in [0.1, 0.15) is 0 Å². The largest absolute Gasteiger partial charge is 0.466 e. The van der Waals surface area contributed by atoms with Crippen molar-refractivity contribution < 1.29 is 24.5 Å². The lowest BCUT2D eigenvalue weighted by Crippen LogP contribution is -2.45. The Balaban J connectivity index is 3.37. The van der Waals surface area contributed by atoms with Gasteiger partial charge < -0.3 is 20.3 Å². The molecule has 0 bridgehead atoms. The molecular weight excluding hydrogens is 863 g/mol. The fourth-order valence-electron chi connectivity index (χ4n) is 9.57. The Morgan fingerprint density at radius 1 is 0.386 bits per heavy atom. The van der Waals surface area contributed by atoms with Gasteiger partial charge in [0.2, 0.25) is 5.91 Å². The predicted octanol–water partition coefficient (Wildman–Crippen LogP) is 19.6. The molecule has 0 aliphatic heterocycles. The van der Waals surface area contributed by atoms with Crippen LogP contribution in [0.1, 0.15) is 335 Å². The zero-order valence-electron chi connectivity index (χ0n) is 47.0. The van der Waals surface area contributed by atoms with Crippen molar-refractivity contribution in [1.82, 2.24) is 5.32 Å². The molecule has 0 radical (unpaired) electrons. The highest BCUT2D eigenvalue weighted by Crippen LogP contribution is 2.17. The number of aliphatic hydroxyl groups excluding tert-OH is 2. The van der Waals surface area contributed by atoms with Crippen molar-refractivity contribution in [3.63, 3.8) is 0 Å². The number of esters is 1. The van der Waals surface area contributed by atoms with Crippen LogP contribution < -0.4 is 5.32 Å². The van der Waals surface area contributed by atoms with Gasteiger partial charge in [-0.25, -0.2) is 0 Å². The van der Waals surface area contributed by atoms with E-state index in [-0.39, 0.29) is 18.5 Å². The van der Waals surface area contributed by atoms with E-state index in [4.69, 9.17) is 4.74 Å². The maximum absolute atomic E-state index is 12.4. The molecule has 3 N–H and O–H groups in total. The summed E-state index contributed by atoms with van der Waals surface area (Å²) in [5.41, 5.74) is 0. The highest BCUT2D eigenvalue weighted by Gasteiger charge is 2.18. The van der Waals surface area contributed by atoms with E-state index in [9.17, 15) is 19.8 Å². The van der Waals surface area contributed by atoms with Gasteiger partial charge in [0.25, 0.3) is 0 Å². The third-order valence-electron chi connectivity index (χ3n) is 14.4. The number of hydrogen-bond donors (Lipinski definition) is 3. The number of allylic oxidation sites excluding steroid dienone is 5. The summed E-state index contributed by atoms with van der Waals surface area (Å²) >= 11 is 0. The number of carbonyl (C=O) groups is 2. The summed E-state index contributed by atoms with van der Waals surface area (Å²) in [6, 6.07) is -0.626. The Kier molecular flexibility index (Phi) is 58.0. The molecule has 6 heteroatoms. The van der Waals surface area contributed by atoms with E-state index in [1.54, 1.807) is 6.08 Å². The number of ether oxygens (including phenoxy) is 1. The molecule has 0 saturated heterocycles. The Morgan fingerprint density at radius 3 is 1.01 bits per heavy atom. The number of carbonyl (C=O) groups excluding carboxylic acids is 2. The fraction of sp³-hybridized carbons (Fsp3) is 0.875. The monoisotopic (exact) mass is 984 g/mol. The van der Waals surface area contributed by atoms with E-state index in [1.165, 1.54) is 263 Å². The van der Waals surface area contributed by atoms with Gasteiger partial charge in [-0.3, -0.25) is 9.59 Å². The molecule has 1 amide bonds. The smallest absolute Gasteiger partial charge is 0.305 e. The standard InChI is InChI=1S/C64H121NO5/c1-3-5-7-9-11-13-15-16-31-35-38-42-46-50-54-58-64(69)70-59-55-51-47-43-39-36-33-30-28-26-24-22-20-18-17-19-21-23-25-27-29-32-34-37-41-45-49-53-57-63(68)65-61(60-66)62(67)56-52-48-44-40-14-12-10-8-6-4-2/h16-18,31,52,56,61-62,66-67H,3-15,19-30,32-51,53-55,57-60H2,1-2H3,(H,65,68)/b18-17-,31-16-,56-52+. The first-order chi connectivity index (χ1) is 34.5. The zero-order valence-corrected chi connectivity index (χ0v) is 47.0. The lowest BCUT2D eigenvalue weighted by molar-refractivity contribution is -0.143. The second-order valence-corrected chi connectivity index (χ2v) is 21.4. The fourth-order valence-corrected chi connectivity index (χ4v) is 9.57. The van der Waals surface area contributed by atoms with E-state index >= 15 is 0 Å². The minimum Gasteiger partial charge on any atom is -0.466 e. The number of amides is 1. The number of nitrogens with one attached hydrogen (secondary N) is 1. The third-order valence-corrected chi connectivity index (χ3v) is 14.4. The van der Waals surface area contributed by atoms with Gasteiger partial charge in [-0.1, -0.05) is 275 Å². The normalized spacial score (nSPS) is 12.8. The molecule has 0 rings (SSSR count). The number of rotatable bonds is 58. The van der Waals surface area contributed by atoms with Crippen LogP contribution in [0.4, 0.5) is 0 Å². The van der Waals surface area contributed by atoms with Crippen LogP contribution in [0.5, 0.6) is 0 Å². The van der Waals surface area contributed by atoms with Crippen molar-refractivity contribution in [2.24, 2.45) is 0 Å². The third kappa shape index (κ3) is 55.4. The molecule has 0 aromatic rings. The lowest BCUT2D eigenvalue weighted by atomic mass is 10.0. The number of unbranched alkanes of at least 4 members (excludes halogenated alkanes) is 43. The van der Waals surface area contributed by atoms with Gasteiger partial charge >= 0.3 is 5.97 Å². The molecule has 0 aliphatic carbocycles. The molecule has 2 unspecified atom stereocenters. The van der Waals surface area contributed by atoms with E-state index in [2.05, 4.69) is 43.5 Å². The molecule has 6 nitrogen and oxygen atoms in total. The first-order valence-electron chi connectivity index (χ1n) is 31.3. The van der Waals surface area contributed by atoms with Gasteiger partial charge in [-0.2, -0.15) is 0 Å². The summed E-state index contributed by atoms with van der Waals surface area (Å²) in [6.07, 6.45) is 74.9. The van der Waals surface area contributed by atoms with Gasteiger partial charge in [-0.05, 0) is 83.5 Å². The Morgan fingerprint density at radius 2 is 0.671 bits per heavy atom. The lowest BCUT2D eigenvalue weighted by Gasteiger charge is -2.20. The van der Waals surface area contributed by atoms with Crippen molar-refractivity contribution in [2.75, 3.05) is 13.2 Å². The minimum absolute atomic E-state index is 0.00738. The van der Waals surface area contributed by atoms with Crippen LogP contribution in [0.2, 0.25) is 0 Å². The van der Waals surface area contributed by atoms with Crippen molar-refractivity contribution in [1.29, 1.82) is 0 Å². The van der Waals surface area contributed by atoms with Gasteiger partial charge in [-0.15, -0.1) is 0 Å². The first kappa shape index (κ1) is 68.1. The van der Waals surface area contributed by atoms with Crippen molar-refractivity contribution in [3.05, 3.63) is 36.5 Å². The van der Waals surface area contributed by atoms with Crippen LogP contribution in [-0.2, 0) is 14.3 Å². The van der Waals surface area contributed by atoms with Gasteiger partial charge in [0.05, 0.1) is 25.4 Å². The van der Waals surface area contributed by atoms with Crippen LogP contribution in [0.25, 0.3) is 0 Å². The summed E-state index contributed by atoms with van der Waals surface area (Å²) in [5.74, 6) is -0.0620. The first-order valence-corrected chi connectivity index (χ1v) is 31.3. The zero-order chi connectivity index (χ0) is 50.7. The Labute approximate surface area is 436 Å². The second-order valence-electron chi connectivity index (χ2n) is 21.4. The molecule has 0 saturated carbocycles.